The van der Waals surface area contributed by atoms with Crippen LogP contribution in [0.15, 0.2) is 46.6 Å². The lowest BCUT2D eigenvalue weighted by Crippen LogP contribution is -2.41. The van der Waals surface area contributed by atoms with Crippen molar-refractivity contribution in [3.8, 4) is 0 Å². The van der Waals surface area contributed by atoms with Crippen LogP contribution < -0.4 is 0 Å². The summed E-state index contributed by atoms with van der Waals surface area (Å²) < 4.78 is 0. The molecule has 2 aromatic carbocycles. The van der Waals surface area contributed by atoms with E-state index in [1.165, 1.54) is 48.8 Å². The lowest BCUT2D eigenvalue weighted by Gasteiger charge is -2.31. The van der Waals surface area contributed by atoms with Crippen LogP contribution in [0.2, 0.25) is 10.0 Å². The molecule has 1 aliphatic rings. The summed E-state index contributed by atoms with van der Waals surface area (Å²) in [5, 5.41) is 35.1. The van der Waals surface area contributed by atoms with E-state index in [9.17, 15) is 20.2 Å². The Morgan fingerprint density at radius 3 is 1.47 bits per heavy atom. The molecule has 0 aromatic heterocycles. The number of benzene rings is 2. The van der Waals surface area contributed by atoms with Gasteiger partial charge in [0.05, 0.1) is 59.6 Å². The zero-order chi connectivity index (χ0) is 21.7. The Morgan fingerprint density at radius 2 is 1.13 bits per heavy atom. The number of nitro benzene ring substituents is 2. The number of hydrazone groups is 2. The molecule has 0 bridgehead atoms. The van der Waals surface area contributed by atoms with E-state index < -0.39 is 9.85 Å². The zero-order valence-electron chi connectivity index (χ0n) is 15.5. The molecule has 0 radical (unpaired) electrons. The van der Waals surface area contributed by atoms with E-state index in [-0.39, 0.29) is 11.4 Å². The van der Waals surface area contributed by atoms with E-state index >= 15 is 0 Å². The van der Waals surface area contributed by atoms with Gasteiger partial charge < -0.3 is 0 Å². The van der Waals surface area contributed by atoms with Crippen molar-refractivity contribution in [2.24, 2.45) is 10.2 Å². The molecule has 10 nitrogen and oxygen atoms in total. The zero-order valence-corrected chi connectivity index (χ0v) is 17.0. The number of nitro groups is 2. The van der Waals surface area contributed by atoms with Crippen LogP contribution in [-0.4, -0.2) is 58.5 Å². The molecule has 0 saturated carbocycles. The quantitative estimate of drug-likeness (QED) is 0.375. The van der Waals surface area contributed by atoms with Gasteiger partial charge in [-0.2, -0.15) is 10.2 Å². The van der Waals surface area contributed by atoms with Crippen LogP contribution in [-0.2, 0) is 0 Å². The summed E-state index contributed by atoms with van der Waals surface area (Å²) in [7, 11) is 0. The second-order valence-corrected chi connectivity index (χ2v) is 7.19. The molecular weight excluding hydrogens is 435 g/mol. The molecule has 12 heteroatoms. The summed E-state index contributed by atoms with van der Waals surface area (Å²) >= 11 is 11.8. The minimum atomic E-state index is -0.487. The predicted octanol–water partition coefficient (Wildman–Crippen LogP) is 3.80. The van der Waals surface area contributed by atoms with Crippen LogP contribution in [0.5, 0.6) is 0 Å². The van der Waals surface area contributed by atoms with E-state index in [0.717, 1.165) is 0 Å². The third-order valence-electron chi connectivity index (χ3n) is 4.33. The average molecular weight is 451 g/mol. The first-order valence-corrected chi connectivity index (χ1v) is 9.55. The van der Waals surface area contributed by atoms with E-state index in [1.807, 2.05) is 0 Å². The molecule has 3 rings (SSSR count). The van der Waals surface area contributed by atoms with Gasteiger partial charge in [-0.05, 0) is 24.3 Å². The number of piperazine rings is 1. The highest BCUT2D eigenvalue weighted by atomic mass is 35.5. The summed E-state index contributed by atoms with van der Waals surface area (Å²) in [5.41, 5.74) is 0.492. The molecule has 156 valence electrons. The Bertz CT molecular complexity index is 940. The molecule has 0 aliphatic carbocycles. The Kier molecular flexibility index (Phi) is 6.80. The molecule has 1 fully saturated rings. The van der Waals surface area contributed by atoms with Gasteiger partial charge in [-0.1, -0.05) is 23.2 Å². The van der Waals surface area contributed by atoms with Crippen molar-refractivity contribution in [3.05, 3.63) is 77.8 Å². The minimum absolute atomic E-state index is 0.0745. The summed E-state index contributed by atoms with van der Waals surface area (Å²) in [6.45, 7) is 2.11. The second-order valence-electron chi connectivity index (χ2n) is 6.32. The van der Waals surface area contributed by atoms with Gasteiger partial charge in [0.15, 0.2) is 0 Å². The van der Waals surface area contributed by atoms with Gasteiger partial charge in [-0.3, -0.25) is 30.2 Å². The highest BCUT2D eigenvalue weighted by molar-refractivity contribution is 6.31. The molecule has 30 heavy (non-hydrogen) atoms. The van der Waals surface area contributed by atoms with Crippen molar-refractivity contribution in [1.82, 2.24) is 10.0 Å². The van der Waals surface area contributed by atoms with Crippen LogP contribution in [0.4, 0.5) is 11.4 Å². The summed E-state index contributed by atoms with van der Waals surface area (Å²) in [5.74, 6) is 0. The number of hydrogen-bond donors (Lipinski definition) is 0. The van der Waals surface area contributed by atoms with Crippen LogP contribution in [0.25, 0.3) is 0 Å². The molecule has 0 unspecified atom stereocenters. The maximum Gasteiger partial charge on any atom is 0.278 e. The van der Waals surface area contributed by atoms with Gasteiger partial charge in [0.2, 0.25) is 0 Å². The Balaban J connectivity index is 1.62. The lowest BCUT2D eigenvalue weighted by atomic mass is 10.2. The highest BCUT2D eigenvalue weighted by Crippen LogP contribution is 2.22. The monoisotopic (exact) mass is 450 g/mol. The topological polar surface area (TPSA) is 117 Å². The fourth-order valence-electron chi connectivity index (χ4n) is 2.79. The van der Waals surface area contributed by atoms with Crippen LogP contribution in [0, 0.1) is 20.2 Å². The largest absolute Gasteiger partial charge is 0.293 e. The smallest absolute Gasteiger partial charge is 0.278 e. The highest BCUT2D eigenvalue weighted by Gasteiger charge is 2.17. The third-order valence-corrected chi connectivity index (χ3v) is 4.80. The van der Waals surface area contributed by atoms with Crippen molar-refractivity contribution in [3.63, 3.8) is 0 Å². The molecule has 0 amide bonds. The summed E-state index contributed by atoms with van der Waals surface area (Å²) in [6, 6.07) is 8.57. The van der Waals surface area contributed by atoms with E-state index in [2.05, 4.69) is 10.2 Å². The lowest BCUT2D eigenvalue weighted by molar-refractivity contribution is -0.385. The standard InChI is InChI=1S/C18H16Cl2N6O4/c19-15-1-3-17(25(27)28)13(9-15)11-21-23-5-7-24(8-6-23)22-12-14-10-16(20)2-4-18(14)26(29)30/h1-4,9-12H,5-8H2/b21-11+,22-12+. The van der Waals surface area contributed by atoms with Crippen molar-refractivity contribution >= 4 is 47.0 Å². The van der Waals surface area contributed by atoms with Crippen molar-refractivity contribution < 1.29 is 9.85 Å². The number of rotatable bonds is 6. The third kappa shape index (κ3) is 5.43. The summed E-state index contributed by atoms with van der Waals surface area (Å²) in [4.78, 5) is 21.3. The fourth-order valence-corrected chi connectivity index (χ4v) is 3.16. The maximum absolute atomic E-state index is 11.1. The van der Waals surface area contributed by atoms with Gasteiger partial charge in [0.1, 0.15) is 0 Å². The molecule has 0 N–H and O–H groups in total. The normalized spacial score (nSPS) is 14.6. The molecule has 0 spiro atoms. The fraction of sp³-hybridized carbons (Fsp3) is 0.222. The number of hydrogen-bond acceptors (Lipinski definition) is 8. The molecule has 2 aromatic rings. The molecule has 0 atom stereocenters. The predicted molar refractivity (Wildman–Crippen MR) is 115 cm³/mol. The van der Waals surface area contributed by atoms with Gasteiger partial charge in [-0.25, -0.2) is 0 Å². The van der Waals surface area contributed by atoms with Crippen LogP contribution in [0.1, 0.15) is 11.1 Å². The average Bonchev–Trinajstić information content (AvgIpc) is 2.71. The SMILES string of the molecule is O=[N+]([O-])c1ccc(Cl)cc1/C=N/N1CCN(/N=C/c2cc(Cl)ccc2[N+](=O)[O-])CC1. The first-order valence-electron chi connectivity index (χ1n) is 8.79. The molecule has 1 heterocycles. The number of halogens is 2. The van der Waals surface area contributed by atoms with Crippen molar-refractivity contribution in [2.75, 3.05) is 26.2 Å². The van der Waals surface area contributed by atoms with E-state index in [4.69, 9.17) is 23.2 Å². The molecule has 1 saturated heterocycles. The summed E-state index contributed by atoms with van der Waals surface area (Å²) in [6.07, 6.45) is 2.83. The number of nitrogens with zero attached hydrogens (tertiary/aromatic N) is 6. The molecule has 1 aliphatic heterocycles. The van der Waals surface area contributed by atoms with Gasteiger partial charge in [0.25, 0.3) is 11.4 Å². The van der Waals surface area contributed by atoms with Gasteiger partial charge >= 0.3 is 0 Å². The van der Waals surface area contributed by atoms with Crippen molar-refractivity contribution in [1.29, 1.82) is 0 Å². The second kappa shape index (κ2) is 9.51. The van der Waals surface area contributed by atoms with E-state index in [1.54, 1.807) is 10.0 Å². The Labute approximate surface area is 181 Å². The van der Waals surface area contributed by atoms with Gasteiger partial charge in [-0.15, -0.1) is 0 Å². The Hall–Kier alpha value is -3.24. The van der Waals surface area contributed by atoms with Crippen LogP contribution >= 0.6 is 23.2 Å². The van der Waals surface area contributed by atoms with E-state index in [0.29, 0.717) is 47.4 Å². The first-order chi connectivity index (χ1) is 14.3. The maximum atomic E-state index is 11.1. The first kappa shape index (κ1) is 21.5. The van der Waals surface area contributed by atoms with Crippen molar-refractivity contribution in [2.45, 2.75) is 0 Å². The van der Waals surface area contributed by atoms with Crippen LogP contribution in [0.3, 0.4) is 0 Å². The minimum Gasteiger partial charge on any atom is -0.293 e. The molecular formula is C18H16Cl2N6O4. The van der Waals surface area contributed by atoms with Gasteiger partial charge in [0, 0.05) is 22.2 Å². The Morgan fingerprint density at radius 1 is 0.767 bits per heavy atom.